The molecule has 0 saturated carbocycles. The van der Waals surface area contributed by atoms with Crippen LogP contribution >= 0.6 is 23.2 Å². The molecule has 3 nitrogen and oxygen atoms in total. The molecule has 1 N–H and O–H groups in total. The van der Waals surface area contributed by atoms with E-state index in [2.05, 4.69) is 10.3 Å². The number of pyridine rings is 1. The Hall–Kier alpha value is -1.45. The van der Waals surface area contributed by atoms with Gasteiger partial charge in [-0.1, -0.05) is 23.2 Å². The minimum absolute atomic E-state index is 0.581. The van der Waals surface area contributed by atoms with Gasteiger partial charge in [0.05, 0.1) is 17.8 Å². The molecular weight excluding hydrogens is 271 g/mol. The third kappa shape index (κ3) is 3.06. The van der Waals surface area contributed by atoms with Gasteiger partial charge in [0.25, 0.3) is 0 Å². The van der Waals surface area contributed by atoms with Gasteiger partial charge in [0.1, 0.15) is 5.75 Å². The normalized spacial score (nSPS) is 10.2. The third-order valence-corrected chi connectivity index (χ3v) is 3.06. The number of hydrogen-bond donors (Lipinski definition) is 1. The quantitative estimate of drug-likeness (QED) is 0.920. The number of nitrogens with zero attached hydrogens (tertiary/aromatic N) is 1. The molecule has 0 radical (unpaired) electrons. The molecule has 1 aromatic heterocycles. The first-order chi connectivity index (χ1) is 8.70. The summed E-state index contributed by atoms with van der Waals surface area (Å²) >= 11 is 12.0. The second-order valence-corrected chi connectivity index (χ2v) is 4.51. The third-order valence-electron chi connectivity index (χ3n) is 2.49. The van der Waals surface area contributed by atoms with E-state index >= 15 is 0 Å². The van der Waals surface area contributed by atoms with Crippen molar-refractivity contribution in [3.63, 3.8) is 0 Å². The van der Waals surface area contributed by atoms with Gasteiger partial charge in [0.15, 0.2) is 0 Å². The van der Waals surface area contributed by atoms with E-state index in [9.17, 15) is 0 Å². The number of ether oxygens (including phenoxy) is 1. The zero-order valence-corrected chi connectivity index (χ0v) is 11.3. The second-order valence-electron chi connectivity index (χ2n) is 3.67. The van der Waals surface area contributed by atoms with Crippen molar-refractivity contribution in [1.82, 2.24) is 4.98 Å². The van der Waals surface area contributed by atoms with E-state index in [0.717, 1.165) is 17.0 Å². The molecule has 18 heavy (non-hydrogen) atoms. The smallest absolute Gasteiger partial charge is 0.142 e. The van der Waals surface area contributed by atoms with Gasteiger partial charge in [-0.25, -0.2) is 0 Å². The molecular formula is C13H12Cl2N2O. The fraction of sp³-hybridized carbons (Fsp3) is 0.154. The molecule has 1 aromatic carbocycles. The molecule has 0 unspecified atom stereocenters. The van der Waals surface area contributed by atoms with E-state index in [4.69, 9.17) is 27.9 Å². The number of methoxy groups -OCH3 is 1. The number of benzene rings is 1. The number of rotatable bonds is 4. The summed E-state index contributed by atoms with van der Waals surface area (Å²) in [4.78, 5) is 3.94. The standard InChI is InChI=1S/C13H12Cl2N2O/c1-18-13-3-2-10(14)6-12(13)17-7-9-4-5-16-8-11(9)15/h2-6,8,17H,7H2,1H3. The van der Waals surface area contributed by atoms with Crippen molar-refractivity contribution < 1.29 is 4.74 Å². The van der Waals surface area contributed by atoms with Gasteiger partial charge in [-0.15, -0.1) is 0 Å². The molecule has 0 aliphatic carbocycles. The van der Waals surface area contributed by atoms with Crippen LogP contribution in [0.25, 0.3) is 0 Å². The topological polar surface area (TPSA) is 34.1 Å². The lowest BCUT2D eigenvalue weighted by Crippen LogP contribution is -2.02. The van der Waals surface area contributed by atoms with E-state index in [0.29, 0.717) is 16.6 Å². The largest absolute Gasteiger partial charge is 0.495 e. The molecule has 0 saturated heterocycles. The molecule has 0 spiro atoms. The van der Waals surface area contributed by atoms with Crippen molar-refractivity contribution in [1.29, 1.82) is 0 Å². The Bertz CT molecular complexity index is 546. The lowest BCUT2D eigenvalue weighted by atomic mass is 10.2. The van der Waals surface area contributed by atoms with Gasteiger partial charge in [-0.2, -0.15) is 0 Å². The monoisotopic (exact) mass is 282 g/mol. The fourth-order valence-corrected chi connectivity index (χ4v) is 1.91. The first-order valence-electron chi connectivity index (χ1n) is 5.36. The molecule has 0 aliphatic heterocycles. The highest BCUT2D eigenvalue weighted by Crippen LogP contribution is 2.28. The number of hydrogen-bond acceptors (Lipinski definition) is 3. The Balaban J connectivity index is 2.15. The zero-order chi connectivity index (χ0) is 13.0. The molecule has 0 atom stereocenters. The molecule has 5 heteroatoms. The van der Waals surface area contributed by atoms with E-state index in [1.807, 2.05) is 18.2 Å². The molecule has 0 bridgehead atoms. The Kier molecular flexibility index (Phi) is 4.28. The number of nitrogens with one attached hydrogen (secondary N) is 1. The van der Waals surface area contributed by atoms with Crippen LogP contribution in [-0.2, 0) is 6.54 Å². The number of halogens is 2. The molecule has 1 heterocycles. The Morgan fingerprint density at radius 2 is 2.11 bits per heavy atom. The van der Waals surface area contributed by atoms with Crippen LogP contribution in [0.5, 0.6) is 5.75 Å². The van der Waals surface area contributed by atoms with Crippen molar-refractivity contribution in [2.45, 2.75) is 6.54 Å². The highest BCUT2D eigenvalue weighted by molar-refractivity contribution is 6.31. The Labute approximate surface area is 116 Å². The van der Waals surface area contributed by atoms with Crippen molar-refractivity contribution in [2.24, 2.45) is 0 Å². The van der Waals surface area contributed by atoms with Crippen LogP contribution in [0, 0.1) is 0 Å². The van der Waals surface area contributed by atoms with Gasteiger partial charge in [-0.3, -0.25) is 4.98 Å². The fourth-order valence-electron chi connectivity index (χ4n) is 1.56. The molecule has 0 amide bonds. The molecule has 0 fully saturated rings. The lowest BCUT2D eigenvalue weighted by molar-refractivity contribution is 0.416. The lowest BCUT2D eigenvalue weighted by Gasteiger charge is -2.12. The SMILES string of the molecule is COc1ccc(Cl)cc1NCc1ccncc1Cl. The minimum atomic E-state index is 0.581. The van der Waals surface area contributed by atoms with Gasteiger partial charge < -0.3 is 10.1 Å². The predicted octanol–water partition coefficient (Wildman–Crippen LogP) is 4.01. The average Bonchev–Trinajstić information content (AvgIpc) is 2.38. The van der Waals surface area contributed by atoms with Gasteiger partial charge >= 0.3 is 0 Å². The second kappa shape index (κ2) is 5.94. The van der Waals surface area contributed by atoms with Crippen LogP contribution in [0.4, 0.5) is 5.69 Å². The van der Waals surface area contributed by atoms with Crippen molar-refractivity contribution >= 4 is 28.9 Å². The average molecular weight is 283 g/mol. The van der Waals surface area contributed by atoms with E-state index in [1.165, 1.54) is 0 Å². The van der Waals surface area contributed by atoms with Crippen LogP contribution < -0.4 is 10.1 Å². The van der Waals surface area contributed by atoms with Crippen LogP contribution in [0.3, 0.4) is 0 Å². The highest BCUT2D eigenvalue weighted by Gasteiger charge is 2.05. The van der Waals surface area contributed by atoms with Crippen LogP contribution in [0.1, 0.15) is 5.56 Å². The van der Waals surface area contributed by atoms with Gasteiger partial charge in [0.2, 0.25) is 0 Å². The molecule has 94 valence electrons. The summed E-state index contributed by atoms with van der Waals surface area (Å²) in [5, 5.41) is 4.52. The summed E-state index contributed by atoms with van der Waals surface area (Å²) in [6.45, 7) is 0.581. The number of aromatic nitrogens is 1. The summed E-state index contributed by atoms with van der Waals surface area (Å²) in [7, 11) is 1.62. The molecule has 0 aliphatic rings. The zero-order valence-electron chi connectivity index (χ0n) is 9.78. The number of anilines is 1. The Morgan fingerprint density at radius 3 is 2.83 bits per heavy atom. The molecule has 2 aromatic rings. The van der Waals surface area contributed by atoms with Crippen molar-refractivity contribution in [3.05, 3.63) is 52.3 Å². The summed E-state index contributed by atoms with van der Waals surface area (Å²) in [5.74, 6) is 0.740. The van der Waals surface area contributed by atoms with Crippen molar-refractivity contribution in [2.75, 3.05) is 12.4 Å². The summed E-state index contributed by atoms with van der Waals surface area (Å²) in [5.41, 5.74) is 1.80. The maximum absolute atomic E-state index is 6.04. The van der Waals surface area contributed by atoms with Crippen LogP contribution in [0.15, 0.2) is 36.7 Å². The van der Waals surface area contributed by atoms with Gasteiger partial charge in [-0.05, 0) is 29.8 Å². The van der Waals surface area contributed by atoms with Crippen LogP contribution in [0.2, 0.25) is 10.0 Å². The maximum Gasteiger partial charge on any atom is 0.142 e. The maximum atomic E-state index is 6.04. The van der Waals surface area contributed by atoms with Crippen molar-refractivity contribution in [3.8, 4) is 5.75 Å². The van der Waals surface area contributed by atoms with Gasteiger partial charge in [0, 0.05) is 24.0 Å². The summed E-state index contributed by atoms with van der Waals surface area (Å²) in [6, 6.07) is 7.28. The summed E-state index contributed by atoms with van der Waals surface area (Å²) < 4.78 is 5.25. The molecule has 2 rings (SSSR count). The Morgan fingerprint density at radius 1 is 1.28 bits per heavy atom. The highest BCUT2D eigenvalue weighted by atomic mass is 35.5. The first-order valence-corrected chi connectivity index (χ1v) is 6.12. The van der Waals surface area contributed by atoms with Crippen LogP contribution in [-0.4, -0.2) is 12.1 Å². The van der Waals surface area contributed by atoms with E-state index in [-0.39, 0.29) is 0 Å². The van der Waals surface area contributed by atoms with E-state index in [1.54, 1.807) is 25.6 Å². The summed E-state index contributed by atoms with van der Waals surface area (Å²) in [6.07, 6.45) is 3.33. The first kappa shape index (κ1) is 13.0. The van der Waals surface area contributed by atoms with E-state index < -0.39 is 0 Å². The minimum Gasteiger partial charge on any atom is -0.495 e. The predicted molar refractivity (Wildman–Crippen MR) is 74.6 cm³/mol.